The third kappa shape index (κ3) is 5.14. The first-order valence-electron chi connectivity index (χ1n) is 4.85. The Hall–Kier alpha value is -0.670. The summed E-state index contributed by atoms with van der Waals surface area (Å²) >= 11 is 4.27. The monoisotopic (exact) mass is 211 g/mol. The van der Waals surface area contributed by atoms with Gasteiger partial charge in [0.2, 0.25) is 0 Å². The van der Waals surface area contributed by atoms with Gasteiger partial charge in [-0.05, 0) is 12.1 Å². The fraction of sp³-hybridized carbons (Fsp3) is 0.455. The molecule has 3 heteroatoms. The van der Waals surface area contributed by atoms with Crippen LogP contribution in [0.5, 0.6) is 5.75 Å². The normalized spacial score (nSPS) is 12.4. The Kier molecular flexibility index (Phi) is 5.49. The molecule has 0 aliphatic carbocycles. The zero-order chi connectivity index (χ0) is 10.2. The Labute approximate surface area is 91.1 Å². The standard InChI is InChI=1S/C11H17NOS/c1-10(14)9-12-7-8-13-11-5-3-2-4-6-11/h2-6,10,12,14H,7-9H2,1H3. The van der Waals surface area contributed by atoms with Crippen molar-refractivity contribution in [2.75, 3.05) is 19.7 Å². The highest BCUT2D eigenvalue weighted by molar-refractivity contribution is 7.80. The summed E-state index contributed by atoms with van der Waals surface area (Å²) in [5.41, 5.74) is 0. The van der Waals surface area contributed by atoms with Crippen molar-refractivity contribution in [3.63, 3.8) is 0 Å². The molecule has 0 heterocycles. The molecular formula is C11H17NOS. The van der Waals surface area contributed by atoms with Crippen molar-refractivity contribution in [2.45, 2.75) is 12.2 Å². The molecule has 2 nitrogen and oxygen atoms in total. The minimum Gasteiger partial charge on any atom is -0.492 e. The van der Waals surface area contributed by atoms with Crippen molar-refractivity contribution < 1.29 is 4.74 Å². The molecule has 0 aliphatic heterocycles. The zero-order valence-electron chi connectivity index (χ0n) is 8.44. The Balaban J connectivity index is 2.05. The lowest BCUT2D eigenvalue weighted by Crippen LogP contribution is -2.26. The highest BCUT2D eigenvalue weighted by atomic mass is 32.1. The molecule has 0 aromatic heterocycles. The third-order valence-corrected chi connectivity index (χ3v) is 1.91. The molecule has 1 aromatic rings. The first-order chi connectivity index (χ1) is 6.79. The molecule has 1 unspecified atom stereocenters. The first-order valence-corrected chi connectivity index (χ1v) is 5.37. The van der Waals surface area contributed by atoms with Crippen LogP contribution in [0, 0.1) is 0 Å². The van der Waals surface area contributed by atoms with Crippen LogP contribution >= 0.6 is 12.6 Å². The van der Waals surface area contributed by atoms with Crippen LogP contribution < -0.4 is 10.1 Å². The van der Waals surface area contributed by atoms with Gasteiger partial charge in [-0.15, -0.1) is 0 Å². The smallest absolute Gasteiger partial charge is 0.119 e. The summed E-state index contributed by atoms with van der Waals surface area (Å²) in [7, 11) is 0. The summed E-state index contributed by atoms with van der Waals surface area (Å²) in [6, 6.07) is 9.84. The maximum absolute atomic E-state index is 5.50. The highest BCUT2D eigenvalue weighted by Crippen LogP contribution is 2.07. The summed E-state index contributed by atoms with van der Waals surface area (Å²) in [6.07, 6.45) is 0. The molecule has 14 heavy (non-hydrogen) atoms. The molecule has 0 spiro atoms. The molecule has 0 radical (unpaired) electrons. The van der Waals surface area contributed by atoms with Crippen LogP contribution in [-0.4, -0.2) is 24.9 Å². The molecule has 1 atom stereocenters. The molecule has 1 N–H and O–H groups in total. The molecule has 0 fully saturated rings. The number of thiol groups is 1. The number of ether oxygens (including phenoxy) is 1. The van der Waals surface area contributed by atoms with E-state index in [1.807, 2.05) is 30.3 Å². The van der Waals surface area contributed by atoms with Gasteiger partial charge in [0.05, 0.1) is 0 Å². The van der Waals surface area contributed by atoms with E-state index < -0.39 is 0 Å². The van der Waals surface area contributed by atoms with E-state index in [1.54, 1.807) is 0 Å². The van der Waals surface area contributed by atoms with Gasteiger partial charge in [-0.25, -0.2) is 0 Å². The number of benzene rings is 1. The fourth-order valence-electron chi connectivity index (χ4n) is 1.07. The molecule has 0 aliphatic rings. The summed E-state index contributed by atoms with van der Waals surface area (Å²) in [4.78, 5) is 0. The molecule has 1 aromatic carbocycles. The van der Waals surface area contributed by atoms with E-state index in [9.17, 15) is 0 Å². The minimum absolute atomic E-state index is 0.395. The van der Waals surface area contributed by atoms with Gasteiger partial charge in [0.15, 0.2) is 0 Å². The quantitative estimate of drug-likeness (QED) is 0.554. The van der Waals surface area contributed by atoms with Crippen LogP contribution in [0.3, 0.4) is 0 Å². The summed E-state index contributed by atoms with van der Waals surface area (Å²) in [5, 5.41) is 3.65. The van der Waals surface area contributed by atoms with Crippen LogP contribution in [0.1, 0.15) is 6.92 Å². The van der Waals surface area contributed by atoms with E-state index >= 15 is 0 Å². The number of rotatable bonds is 6. The molecule has 0 saturated carbocycles. The van der Waals surface area contributed by atoms with Crippen molar-refractivity contribution >= 4 is 12.6 Å². The highest BCUT2D eigenvalue weighted by Gasteiger charge is 1.94. The van der Waals surface area contributed by atoms with Crippen LogP contribution in [0.2, 0.25) is 0 Å². The molecule has 0 bridgehead atoms. The van der Waals surface area contributed by atoms with E-state index in [0.717, 1.165) is 18.8 Å². The summed E-state index contributed by atoms with van der Waals surface area (Å²) in [6.45, 7) is 4.54. The van der Waals surface area contributed by atoms with Gasteiger partial charge in [-0.1, -0.05) is 25.1 Å². The maximum Gasteiger partial charge on any atom is 0.119 e. The first kappa shape index (κ1) is 11.4. The number of hydrogen-bond acceptors (Lipinski definition) is 3. The number of para-hydroxylation sites is 1. The van der Waals surface area contributed by atoms with E-state index in [4.69, 9.17) is 4.74 Å². The molecule has 0 saturated heterocycles. The van der Waals surface area contributed by atoms with Gasteiger partial charge >= 0.3 is 0 Å². The van der Waals surface area contributed by atoms with E-state index in [-0.39, 0.29) is 0 Å². The van der Waals surface area contributed by atoms with Crippen LogP contribution in [-0.2, 0) is 0 Å². The SMILES string of the molecule is CC(S)CNCCOc1ccccc1. The van der Waals surface area contributed by atoms with Crippen molar-refractivity contribution in [3.8, 4) is 5.75 Å². The molecule has 1 rings (SSSR count). The lowest BCUT2D eigenvalue weighted by Gasteiger charge is -2.08. The van der Waals surface area contributed by atoms with Gasteiger partial charge in [0, 0.05) is 18.3 Å². The van der Waals surface area contributed by atoms with Crippen LogP contribution in [0.25, 0.3) is 0 Å². The fourth-order valence-corrected chi connectivity index (χ4v) is 1.20. The summed E-state index contributed by atoms with van der Waals surface area (Å²) in [5.74, 6) is 0.924. The van der Waals surface area contributed by atoms with Gasteiger partial charge in [0.25, 0.3) is 0 Å². The van der Waals surface area contributed by atoms with Crippen molar-refractivity contribution in [2.24, 2.45) is 0 Å². The van der Waals surface area contributed by atoms with Gasteiger partial charge in [0.1, 0.15) is 12.4 Å². The van der Waals surface area contributed by atoms with Crippen LogP contribution in [0.4, 0.5) is 0 Å². The zero-order valence-corrected chi connectivity index (χ0v) is 9.34. The second-order valence-corrected chi connectivity index (χ2v) is 4.10. The lowest BCUT2D eigenvalue weighted by molar-refractivity contribution is 0.314. The number of nitrogens with one attached hydrogen (secondary N) is 1. The Morgan fingerprint density at radius 3 is 2.71 bits per heavy atom. The topological polar surface area (TPSA) is 21.3 Å². The van der Waals surface area contributed by atoms with Crippen molar-refractivity contribution in [1.29, 1.82) is 0 Å². The number of hydrogen-bond donors (Lipinski definition) is 2. The largest absolute Gasteiger partial charge is 0.492 e. The summed E-state index contributed by atoms with van der Waals surface area (Å²) < 4.78 is 5.50. The van der Waals surface area contributed by atoms with Gasteiger partial charge < -0.3 is 10.1 Å². The molecule has 78 valence electrons. The Bertz CT molecular complexity index is 238. The van der Waals surface area contributed by atoms with E-state index in [2.05, 4.69) is 24.9 Å². The van der Waals surface area contributed by atoms with Crippen LogP contribution in [0.15, 0.2) is 30.3 Å². The Morgan fingerprint density at radius 2 is 2.07 bits per heavy atom. The van der Waals surface area contributed by atoms with Crippen molar-refractivity contribution in [1.82, 2.24) is 5.32 Å². The predicted octanol–water partition coefficient (Wildman–Crippen LogP) is 1.97. The third-order valence-electron chi connectivity index (χ3n) is 1.73. The Morgan fingerprint density at radius 1 is 1.36 bits per heavy atom. The van der Waals surface area contributed by atoms with E-state index in [0.29, 0.717) is 11.9 Å². The predicted molar refractivity (Wildman–Crippen MR) is 63.3 cm³/mol. The van der Waals surface area contributed by atoms with Gasteiger partial charge in [-0.2, -0.15) is 12.6 Å². The molecule has 0 amide bonds. The average Bonchev–Trinajstić information content (AvgIpc) is 2.18. The lowest BCUT2D eigenvalue weighted by atomic mass is 10.3. The van der Waals surface area contributed by atoms with E-state index in [1.165, 1.54) is 0 Å². The maximum atomic E-state index is 5.50. The second-order valence-electron chi connectivity index (χ2n) is 3.21. The second kappa shape index (κ2) is 6.74. The minimum atomic E-state index is 0.395. The molecular weight excluding hydrogens is 194 g/mol. The average molecular weight is 211 g/mol. The van der Waals surface area contributed by atoms with Gasteiger partial charge in [-0.3, -0.25) is 0 Å². The van der Waals surface area contributed by atoms with Crippen molar-refractivity contribution in [3.05, 3.63) is 30.3 Å².